The highest BCUT2D eigenvalue weighted by Crippen LogP contribution is 2.39. The van der Waals surface area contributed by atoms with Crippen molar-refractivity contribution in [3.8, 4) is 56.4 Å². The van der Waals surface area contributed by atoms with Crippen LogP contribution in [0, 0.1) is 0 Å². The van der Waals surface area contributed by atoms with Crippen LogP contribution in [-0.2, 0) is 0 Å². The Bertz CT molecular complexity index is 2680. The molecule has 0 aliphatic carbocycles. The van der Waals surface area contributed by atoms with Gasteiger partial charge in [-0.05, 0) is 64.7 Å². The normalized spacial score (nSPS) is 11.6. The van der Waals surface area contributed by atoms with Crippen LogP contribution >= 0.6 is 0 Å². The Morgan fingerprint density at radius 3 is 1.20 bits per heavy atom. The van der Waals surface area contributed by atoms with Gasteiger partial charge in [0.05, 0.1) is 11.1 Å². The predicted molar refractivity (Wildman–Crippen MR) is 202 cm³/mol. The van der Waals surface area contributed by atoms with Crippen molar-refractivity contribution in [1.29, 1.82) is 0 Å². The molecule has 0 radical (unpaired) electrons. The highest BCUT2D eigenvalue weighted by molar-refractivity contribution is 6.10. The van der Waals surface area contributed by atoms with Crippen LogP contribution < -0.4 is 0 Å². The molecule has 0 saturated carbocycles. The van der Waals surface area contributed by atoms with Gasteiger partial charge in [-0.25, -0.2) is 15.0 Å². The van der Waals surface area contributed by atoms with Gasteiger partial charge >= 0.3 is 0 Å². The Labute approximate surface area is 287 Å². The molecule has 0 aliphatic heterocycles. The number of furan rings is 2. The van der Waals surface area contributed by atoms with Gasteiger partial charge in [-0.2, -0.15) is 0 Å². The fraction of sp³-hybridized carbons (Fsp3) is 0. The van der Waals surface area contributed by atoms with Gasteiger partial charge in [0.15, 0.2) is 17.5 Å². The van der Waals surface area contributed by atoms with Gasteiger partial charge in [-0.1, -0.05) is 121 Å². The lowest BCUT2D eigenvalue weighted by Gasteiger charge is -2.12. The van der Waals surface area contributed by atoms with Gasteiger partial charge in [0, 0.05) is 27.1 Å². The average Bonchev–Trinajstić information content (AvgIpc) is 3.77. The van der Waals surface area contributed by atoms with Crippen molar-refractivity contribution < 1.29 is 8.83 Å². The molecule has 7 aromatic carbocycles. The number of para-hydroxylation sites is 4. The van der Waals surface area contributed by atoms with Crippen molar-refractivity contribution in [1.82, 2.24) is 15.0 Å². The first kappa shape index (κ1) is 28.2. The molecule has 0 amide bonds. The fourth-order valence-electron chi connectivity index (χ4n) is 6.94. The minimum Gasteiger partial charge on any atom is -0.455 e. The summed E-state index contributed by atoms with van der Waals surface area (Å²) in [5, 5.41) is 4.12. The Hall–Kier alpha value is -6.85. The molecule has 234 valence electrons. The predicted octanol–water partition coefficient (Wildman–Crippen LogP) is 12.0. The van der Waals surface area contributed by atoms with E-state index in [1.54, 1.807) is 0 Å². The van der Waals surface area contributed by atoms with Gasteiger partial charge in [-0.3, -0.25) is 0 Å². The van der Waals surface area contributed by atoms with Crippen molar-refractivity contribution in [2.24, 2.45) is 0 Å². The summed E-state index contributed by atoms with van der Waals surface area (Å²) < 4.78 is 12.9. The number of benzene rings is 7. The summed E-state index contributed by atoms with van der Waals surface area (Å²) >= 11 is 0. The van der Waals surface area contributed by atoms with Crippen LogP contribution in [0.25, 0.3) is 100 Å². The molecule has 5 heteroatoms. The molecule has 10 rings (SSSR count). The minimum absolute atomic E-state index is 0.522. The van der Waals surface area contributed by atoms with Crippen molar-refractivity contribution in [3.05, 3.63) is 164 Å². The second-order valence-corrected chi connectivity index (χ2v) is 12.4. The molecule has 0 bridgehead atoms. The summed E-state index contributed by atoms with van der Waals surface area (Å²) in [7, 11) is 0. The van der Waals surface area contributed by atoms with E-state index in [4.69, 9.17) is 23.8 Å². The molecule has 0 aliphatic rings. The highest BCUT2D eigenvalue weighted by atomic mass is 16.3. The molecule has 10 aromatic rings. The second-order valence-electron chi connectivity index (χ2n) is 12.4. The van der Waals surface area contributed by atoms with Crippen molar-refractivity contribution in [3.63, 3.8) is 0 Å². The van der Waals surface area contributed by atoms with Gasteiger partial charge in [-0.15, -0.1) is 0 Å². The summed E-state index contributed by atoms with van der Waals surface area (Å²) in [6, 6.07) is 55.8. The van der Waals surface area contributed by atoms with E-state index in [2.05, 4.69) is 91.0 Å². The van der Waals surface area contributed by atoms with E-state index in [1.165, 1.54) is 0 Å². The lowest BCUT2D eigenvalue weighted by molar-refractivity contribution is 0.669. The second kappa shape index (κ2) is 11.4. The third-order valence-electron chi connectivity index (χ3n) is 9.33. The summed E-state index contributed by atoms with van der Waals surface area (Å²) in [6.45, 7) is 0. The maximum atomic E-state index is 6.47. The Balaban J connectivity index is 1.26. The number of fused-ring (bicyclic) bond motifs is 6. The van der Waals surface area contributed by atoms with Crippen LogP contribution in [0.1, 0.15) is 0 Å². The first-order chi connectivity index (χ1) is 24.8. The topological polar surface area (TPSA) is 65.0 Å². The molecular weight excluding hydrogens is 615 g/mol. The number of aromatic nitrogens is 3. The molecule has 3 heterocycles. The zero-order valence-electron chi connectivity index (χ0n) is 26.7. The van der Waals surface area contributed by atoms with E-state index in [9.17, 15) is 0 Å². The van der Waals surface area contributed by atoms with Crippen LogP contribution in [-0.4, -0.2) is 15.0 Å². The molecule has 0 fully saturated rings. The van der Waals surface area contributed by atoms with Crippen LogP contribution in [0.5, 0.6) is 0 Å². The Morgan fingerprint density at radius 2 is 0.700 bits per heavy atom. The summed E-state index contributed by atoms with van der Waals surface area (Å²) in [6.07, 6.45) is 0. The largest absolute Gasteiger partial charge is 0.455 e. The van der Waals surface area contributed by atoms with Crippen LogP contribution in [0.2, 0.25) is 0 Å². The highest BCUT2D eigenvalue weighted by Gasteiger charge is 2.21. The van der Waals surface area contributed by atoms with E-state index >= 15 is 0 Å². The van der Waals surface area contributed by atoms with Gasteiger partial charge < -0.3 is 8.83 Å². The van der Waals surface area contributed by atoms with E-state index < -0.39 is 0 Å². The lowest BCUT2D eigenvalue weighted by atomic mass is 9.96. The average molecular weight is 642 g/mol. The van der Waals surface area contributed by atoms with Gasteiger partial charge in [0.2, 0.25) is 0 Å². The number of nitrogens with zero attached hydrogens (tertiary/aromatic N) is 3. The van der Waals surface area contributed by atoms with Crippen molar-refractivity contribution in [2.75, 3.05) is 0 Å². The lowest BCUT2D eigenvalue weighted by Crippen LogP contribution is -2.01. The molecule has 50 heavy (non-hydrogen) atoms. The van der Waals surface area contributed by atoms with Gasteiger partial charge in [0.1, 0.15) is 22.3 Å². The SMILES string of the molecule is c1ccc(-c2cc(-c3ccccc3)cc(-c3nc(-c4cccc5c4oc4ccccc45)nc(-c4cccc5c4oc4ccccc45)n3)c2)cc1. The van der Waals surface area contributed by atoms with Gasteiger partial charge in [0.25, 0.3) is 0 Å². The fourth-order valence-corrected chi connectivity index (χ4v) is 6.94. The molecule has 0 N–H and O–H groups in total. The Morgan fingerprint density at radius 1 is 0.300 bits per heavy atom. The third kappa shape index (κ3) is 4.67. The number of rotatable bonds is 5. The molecule has 0 spiro atoms. The summed E-state index contributed by atoms with van der Waals surface area (Å²) in [4.78, 5) is 15.6. The first-order valence-corrected chi connectivity index (χ1v) is 16.6. The standard InChI is InChI=1S/C45H27N3O2/c1-3-13-28(14-4-1)30-25-31(29-15-5-2-6-16-29)27-32(26-30)43-46-44(37-21-11-19-35-33-17-7-9-23-39(33)49-41(35)37)48-45(47-43)38-22-12-20-36-34-18-8-10-24-40(34)50-42(36)38/h1-27H. The zero-order chi connectivity index (χ0) is 33.0. The smallest absolute Gasteiger partial charge is 0.167 e. The van der Waals surface area contributed by atoms with Crippen LogP contribution in [0.3, 0.4) is 0 Å². The molecule has 5 nitrogen and oxygen atoms in total. The number of hydrogen-bond acceptors (Lipinski definition) is 5. The maximum Gasteiger partial charge on any atom is 0.167 e. The van der Waals surface area contributed by atoms with E-state index in [1.807, 2.05) is 72.8 Å². The Kier molecular flexibility index (Phi) is 6.42. The summed E-state index contributed by atoms with van der Waals surface area (Å²) in [5.74, 6) is 1.60. The van der Waals surface area contributed by atoms with Crippen molar-refractivity contribution in [2.45, 2.75) is 0 Å². The first-order valence-electron chi connectivity index (χ1n) is 16.6. The third-order valence-corrected chi connectivity index (χ3v) is 9.33. The maximum absolute atomic E-state index is 6.47. The molecule has 0 saturated heterocycles. The molecule has 3 aromatic heterocycles. The summed E-state index contributed by atoms with van der Waals surface area (Å²) in [5.41, 5.74) is 9.95. The van der Waals surface area contributed by atoms with Crippen LogP contribution in [0.4, 0.5) is 0 Å². The van der Waals surface area contributed by atoms with Crippen molar-refractivity contribution >= 4 is 43.9 Å². The zero-order valence-corrected chi connectivity index (χ0v) is 26.7. The van der Waals surface area contributed by atoms with E-state index in [-0.39, 0.29) is 0 Å². The monoisotopic (exact) mass is 641 g/mol. The molecular formula is C45H27N3O2. The minimum atomic E-state index is 0.522. The molecule has 0 atom stereocenters. The number of hydrogen-bond donors (Lipinski definition) is 0. The van der Waals surface area contributed by atoms with Crippen LogP contribution in [0.15, 0.2) is 173 Å². The van der Waals surface area contributed by atoms with E-state index in [0.717, 1.165) is 82.8 Å². The van der Waals surface area contributed by atoms with E-state index in [0.29, 0.717) is 17.5 Å². The molecule has 0 unspecified atom stereocenters. The quantitative estimate of drug-likeness (QED) is 0.187.